The largest absolute Gasteiger partial charge is 0.436 e. The van der Waals surface area contributed by atoms with E-state index < -0.39 is 17.8 Å². The van der Waals surface area contributed by atoms with E-state index >= 15 is 0 Å². The van der Waals surface area contributed by atoms with Crippen LogP contribution in [0.1, 0.15) is 12.5 Å². The van der Waals surface area contributed by atoms with Crippen molar-refractivity contribution in [3.63, 3.8) is 0 Å². The van der Waals surface area contributed by atoms with E-state index in [4.69, 9.17) is 4.42 Å². The summed E-state index contributed by atoms with van der Waals surface area (Å²) in [6.45, 7) is 0. The van der Waals surface area contributed by atoms with Gasteiger partial charge in [-0.3, -0.25) is 4.68 Å². The zero-order valence-electron chi connectivity index (χ0n) is 16.7. The Hall–Kier alpha value is -3.95. The topological polar surface area (TPSA) is 74.6 Å². The number of hydrogen-bond acceptors (Lipinski definition) is 5. The number of hydrogen-bond donors (Lipinski definition) is 0. The number of aromatic nitrogens is 6. The SMILES string of the molecule is Cn1cnc(-c2cc3c(-c4cn([C@@H]5CC5(F)F)nc4-c4ccc(F)cc4)ncnc3o2)c1. The smallest absolute Gasteiger partial charge is 0.272 e. The van der Waals surface area contributed by atoms with Gasteiger partial charge >= 0.3 is 0 Å². The van der Waals surface area contributed by atoms with Gasteiger partial charge < -0.3 is 8.98 Å². The first kappa shape index (κ1) is 18.8. The first-order valence-electron chi connectivity index (χ1n) is 9.85. The number of aryl methyl sites for hydroxylation is 1. The molecule has 4 aromatic heterocycles. The number of rotatable bonds is 4. The Kier molecular flexibility index (Phi) is 3.83. The van der Waals surface area contributed by atoms with Crippen molar-refractivity contribution < 1.29 is 17.6 Å². The summed E-state index contributed by atoms with van der Waals surface area (Å²) in [4.78, 5) is 12.9. The van der Waals surface area contributed by atoms with E-state index in [1.54, 1.807) is 35.3 Å². The molecule has 1 fully saturated rings. The summed E-state index contributed by atoms with van der Waals surface area (Å²) in [5, 5.41) is 5.02. The van der Waals surface area contributed by atoms with Gasteiger partial charge in [0.15, 0.2) is 5.76 Å². The van der Waals surface area contributed by atoms with Crippen LogP contribution < -0.4 is 0 Å². The fraction of sp³-hybridized carbons (Fsp3) is 0.182. The Balaban J connectivity index is 1.54. The van der Waals surface area contributed by atoms with Crippen molar-refractivity contribution >= 4 is 11.1 Å². The maximum Gasteiger partial charge on any atom is 0.272 e. The minimum atomic E-state index is -2.80. The Morgan fingerprint density at radius 3 is 2.53 bits per heavy atom. The van der Waals surface area contributed by atoms with Gasteiger partial charge in [-0.25, -0.2) is 28.1 Å². The van der Waals surface area contributed by atoms with Crippen molar-refractivity contribution in [2.45, 2.75) is 18.4 Å². The molecule has 0 saturated heterocycles. The summed E-state index contributed by atoms with van der Waals surface area (Å²) in [6.07, 6.45) is 6.09. The lowest BCUT2D eigenvalue weighted by atomic mass is 10.0. The average Bonchev–Trinajstić information content (AvgIpc) is 3.23. The Morgan fingerprint density at radius 2 is 1.84 bits per heavy atom. The third-order valence-corrected chi connectivity index (χ3v) is 5.50. The zero-order chi connectivity index (χ0) is 22.0. The first-order valence-corrected chi connectivity index (χ1v) is 9.85. The van der Waals surface area contributed by atoms with Gasteiger partial charge in [0.25, 0.3) is 5.92 Å². The van der Waals surface area contributed by atoms with Gasteiger partial charge in [0.1, 0.15) is 29.6 Å². The highest BCUT2D eigenvalue weighted by molar-refractivity contribution is 5.95. The van der Waals surface area contributed by atoms with E-state index in [9.17, 15) is 13.2 Å². The van der Waals surface area contributed by atoms with Gasteiger partial charge in [-0.1, -0.05) is 0 Å². The van der Waals surface area contributed by atoms with Crippen molar-refractivity contribution in [1.82, 2.24) is 29.3 Å². The molecule has 0 aliphatic heterocycles. The molecule has 5 aromatic rings. The van der Waals surface area contributed by atoms with Gasteiger partial charge in [-0.15, -0.1) is 0 Å². The molecule has 0 spiro atoms. The third-order valence-electron chi connectivity index (χ3n) is 5.50. The van der Waals surface area contributed by atoms with E-state index in [2.05, 4.69) is 20.1 Å². The summed E-state index contributed by atoms with van der Waals surface area (Å²) in [5.74, 6) is -2.69. The molecule has 1 aromatic carbocycles. The predicted octanol–water partition coefficient (Wildman–Crippen LogP) is 4.87. The van der Waals surface area contributed by atoms with Crippen molar-refractivity contribution in [3.05, 3.63) is 61.2 Å². The number of fused-ring (bicyclic) bond motifs is 1. The van der Waals surface area contributed by atoms with Crippen LogP contribution in [-0.4, -0.2) is 35.2 Å². The van der Waals surface area contributed by atoms with E-state index in [1.165, 1.54) is 23.1 Å². The summed E-state index contributed by atoms with van der Waals surface area (Å²) in [5.41, 5.74) is 2.99. The molecule has 32 heavy (non-hydrogen) atoms. The van der Waals surface area contributed by atoms with Gasteiger partial charge in [0.2, 0.25) is 5.71 Å². The van der Waals surface area contributed by atoms with Crippen LogP contribution in [0.2, 0.25) is 0 Å². The van der Waals surface area contributed by atoms with Crippen molar-refractivity contribution in [3.8, 4) is 34.0 Å². The molecular weight excluding hydrogens is 421 g/mol. The summed E-state index contributed by atoms with van der Waals surface area (Å²) >= 11 is 0. The van der Waals surface area contributed by atoms with Crippen molar-refractivity contribution in [2.75, 3.05) is 0 Å². The molecule has 6 rings (SSSR count). The normalized spacial score (nSPS) is 17.2. The number of benzene rings is 1. The lowest BCUT2D eigenvalue weighted by molar-refractivity contribution is 0.0984. The maximum atomic E-state index is 13.8. The van der Waals surface area contributed by atoms with Crippen LogP contribution in [-0.2, 0) is 7.05 Å². The zero-order valence-corrected chi connectivity index (χ0v) is 16.7. The number of nitrogens with zero attached hydrogens (tertiary/aromatic N) is 6. The quantitative estimate of drug-likeness (QED) is 0.402. The second kappa shape index (κ2) is 6.52. The van der Waals surface area contributed by atoms with Crippen LogP contribution >= 0.6 is 0 Å². The van der Waals surface area contributed by atoms with Crippen LogP contribution in [0, 0.1) is 5.82 Å². The predicted molar refractivity (Wildman–Crippen MR) is 109 cm³/mol. The Labute approximate surface area is 179 Å². The van der Waals surface area contributed by atoms with Crippen molar-refractivity contribution in [2.24, 2.45) is 7.05 Å². The number of halogens is 3. The summed E-state index contributed by atoms with van der Waals surface area (Å²) in [7, 11) is 1.85. The van der Waals surface area contributed by atoms with Gasteiger partial charge in [-0.2, -0.15) is 5.10 Å². The number of furan rings is 1. The molecule has 1 aliphatic carbocycles. The Bertz CT molecular complexity index is 1470. The number of alkyl halides is 2. The van der Waals surface area contributed by atoms with Crippen molar-refractivity contribution in [1.29, 1.82) is 0 Å². The molecule has 1 saturated carbocycles. The molecule has 0 radical (unpaired) electrons. The highest BCUT2D eigenvalue weighted by Gasteiger charge is 2.59. The molecule has 0 bridgehead atoms. The van der Waals surface area contributed by atoms with E-state index in [1.807, 2.05) is 13.2 Å². The molecule has 0 amide bonds. The van der Waals surface area contributed by atoms with Crippen LogP contribution in [0.25, 0.3) is 45.1 Å². The van der Waals surface area contributed by atoms with Gasteiger partial charge in [-0.05, 0) is 30.3 Å². The highest BCUT2D eigenvalue weighted by Crippen LogP contribution is 2.53. The second-order valence-corrected chi connectivity index (χ2v) is 7.84. The summed E-state index contributed by atoms with van der Waals surface area (Å²) in [6, 6.07) is 6.48. The average molecular weight is 436 g/mol. The second-order valence-electron chi connectivity index (χ2n) is 7.84. The molecule has 1 aliphatic rings. The monoisotopic (exact) mass is 436 g/mol. The minimum absolute atomic E-state index is 0.272. The molecule has 4 heterocycles. The molecular formula is C22H15F3N6O. The molecule has 10 heteroatoms. The lowest BCUT2D eigenvalue weighted by Gasteiger charge is -2.03. The first-order chi connectivity index (χ1) is 15.4. The fourth-order valence-corrected chi connectivity index (χ4v) is 3.77. The van der Waals surface area contributed by atoms with Crippen LogP contribution in [0.5, 0.6) is 0 Å². The maximum absolute atomic E-state index is 13.8. The highest BCUT2D eigenvalue weighted by atomic mass is 19.3. The molecule has 160 valence electrons. The Morgan fingerprint density at radius 1 is 1.06 bits per heavy atom. The standard InChI is InChI=1S/C22H15F3N6O/c1-30-9-16(28-11-30)17-6-14-20(26-10-27-21(14)32-17)15-8-31(18-7-22(18,24)25)29-19(15)12-2-4-13(23)5-3-12/h2-6,8-11,18H,7H2,1H3/t18-/m1/s1. The third kappa shape index (κ3) is 2.98. The van der Waals surface area contributed by atoms with E-state index in [0.717, 1.165) is 0 Å². The number of imidazole rings is 1. The lowest BCUT2D eigenvalue weighted by Crippen LogP contribution is -2.02. The summed E-state index contributed by atoms with van der Waals surface area (Å²) < 4.78 is 49.9. The molecule has 0 N–H and O–H groups in total. The molecule has 1 atom stereocenters. The van der Waals surface area contributed by atoms with E-state index in [-0.39, 0.29) is 6.42 Å². The van der Waals surface area contributed by atoms with Crippen LogP contribution in [0.3, 0.4) is 0 Å². The van der Waals surface area contributed by atoms with E-state index in [0.29, 0.717) is 45.1 Å². The van der Waals surface area contributed by atoms with Gasteiger partial charge in [0.05, 0.1) is 17.4 Å². The fourth-order valence-electron chi connectivity index (χ4n) is 3.77. The molecule has 7 nitrogen and oxygen atoms in total. The van der Waals surface area contributed by atoms with Crippen LogP contribution in [0.4, 0.5) is 13.2 Å². The minimum Gasteiger partial charge on any atom is -0.436 e. The van der Waals surface area contributed by atoms with Crippen LogP contribution in [0.15, 0.2) is 59.8 Å². The van der Waals surface area contributed by atoms with Gasteiger partial charge in [0, 0.05) is 37.0 Å². The molecule has 0 unspecified atom stereocenters.